The fourth-order valence-corrected chi connectivity index (χ4v) is 1.66. The molecule has 1 atom stereocenters. The van der Waals surface area contributed by atoms with E-state index >= 15 is 0 Å². The van der Waals surface area contributed by atoms with Crippen molar-refractivity contribution in [3.05, 3.63) is 29.8 Å². The lowest BCUT2D eigenvalue weighted by Crippen LogP contribution is -2.16. The number of para-hydroxylation sites is 1. The Bertz CT molecular complexity index is 428. The first kappa shape index (κ1) is 12.0. The Balaban J connectivity index is 2.90. The van der Waals surface area contributed by atoms with Gasteiger partial charge in [0.1, 0.15) is 5.75 Å². The van der Waals surface area contributed by atoms with E-state index in [4.69, 9.17) is 4.74 Å². The van der Waals surface area contributed by atoms with Crippen molar-refractivity contribution < 1.29 is 17.0 Å². The Morgan fingerprint density at radius 1 is 1.40 bits per heavy atom. The van der Waals surface area contributed by atoms with Crippen molar-refractivity contribution in [3.63, 3.8) is 0 Å². The zero-order chi connectivity index (χ0) is 11.5. The van der Waals surface area contributed by atoms with Crippen molar-refractivity contribution >= 4 is 10.2 Å². The molecule has 0 saturated carbocycles. The molecular formula is C10H13FO3S. The van der Waals surface area contributed by atoms with Crippen molar-refractivity contribution in [1.29, 1.82) is 0 Å². The second-order valence-corrected chi connectivity index (χ2v) is 5.06. The molecule has 0 aliphatic rings. The number of rotatable bonds is 4. The molecule has 0 heterocycles. The lowest BCUT2D eigenvalue weighted by atomic mass is 10.1. The van der Waals surface area contributed by atoms with E-state index in [1.807, 2.05) is 0 Å². The van der Waals surface area contributed by atoms with E-state index in [1.165, 1.54) is 14.0 Å². The maximum absolute atomic E-state index is 12.6. The highest BCUT2D eigenvalue weighted by Crippen LogP contribution is 2.21. The van der Waals surface area contributed by atoms with E-state index in [2.05, 4.69) is 0 Å². The fourth-order valence-electron chi connectivity index (χ4n) is 1.28. The number of ether oxygens (including phenoxy) is 1. The molecule has 1 unspecified atom stereocenters. The highest BCUT2D eigenvalue weighted by Gasteiger charge is 2.20. The van der Waals surface area contributed by atoms with E-state index in [0.29, 0.717) is 11.3 Å². The van der Waals surface area contributed by atoms with Crippen LogP contribution in [0.3, 0.4) is 0 Å². The molecule has 3 nitrogen and oxygen atoms in total. The van der Waals surface area contributed by atoms with Gasteiger partial charge in [-0.15, -0.1) is 3.89 Å². The van der Waals surface area contributed by atoms with Crippen molar-refractivity contribution in [1.82, 2.24) is 0 Å². The van der Waals surface area contributed by atoms with Crippen LogP contribution in [0.1, 0.15) is 12.5 Å². The Morgan fingerprint density at radius 2 is 2.00 bits per heavy atom. The summed E-state index contributed by atoms with van der Waals surface area (Å²) in [5.41, 5.74) is 0.689. The van der Waals surface area contributed by atoms with E-state index in [0.717, 1.165) is 0 Å². The van der Waals surface area contributed by atoms with Crippen LogP contribution in [0.5, 0.6) is 5.75 Å². The molecule has 0 bridgehead atoms. The molecule has 0 fully saturated rings. The summed E-state index contributed by atoms with van der Waals surface area (Å²) in [4.78, 5) is 0. The standard InChI is InChI=1S/C10H13FO3S/c1-8(15(11,12)13)7-9-5-3-4-6-10(9)14-2/h3-6,8H,7H2,1-2H3. The topological polar surface area (TPSA) is 43.4 Å². The minimum atomic E-state index is -4.48. The molecule has 0 amide bonds. The van der Waals surface area contributed by atoms with Crippen LogP contribution < -0.4 is 4.74 Å². The zero-order valence-corrected chi connectivity index (χ0v) is 9.42. The monoisotopic (exact) mass is 232 g/mol. The third kappa shape index (κ3) is 3.20. The first-order valence-electron chi connectivity index (χ1n) is 4.50. The van der Waals surface area contributed by atoms with Crippen LogP contribution in [0.15, 0.2) is 24.3 Å². The molecule has 0 aliphatic heterocycles. The van der Waals surface area contributed by atoms with Crippen LogP contribution in [-0.4, -0.2) is 20.8 Å². The maximum Gasteiger partial charge on any atom is 0.305 e. The minimum Gasteiger partial charge on any atom is -0.496 e. The van der Waals surface area contributed by atoms with Crippen LogP contribution in [-0.2, 0) is 16.6 Å². The molecule has 0 spiro atoms. The van der Waals surface area contributed by atoms with Crippen LogP contribution in [0, 0.1) is 0 Å². The second-order valence-electron chi connectivity index (χ2n) is 3.30. The Morgan fingerprint density at radius 3 is 2.53 bits per heavy atom. The molecule has 5 heteroatoms. The zero-order valence-electron chi connectivity index (χ0n) is 8.60. The van der Waals surface area contributed by atoms with Crippen molar-refractivity contribution in [2.75, 3.05) is 7.11 Å². The Hall–Kier alpha value is -1.10. The molecule has 1 aromatic rings. The predicted molar refractivity (Wildman–Crippen MR) is 56.2 cm³/mol. The van der Waals surface area contributed by atoms with E-state index in [9.17, 15) is 12.3 Å². The van der Waals surface area contributed by atoms with Gasteiger partial charge in [0.2, 0.25) is 0 Å². The van der Waals surface area contributed by atoms with Gasteiger partial charge in [-0.3, -0.25) is 0 Å². The molecule has 0 radical (unpaired) electrons. The van der Waals surface area contributed by atoms with Gasteiger partial charge < -0.3 is 4.74 Å². The van der Waals surface area contributed by atoms with Gasteiger partial charge in [-0.2, -0.15) is 8.42 Å². The van der Waals surface area contributed by atoms with Gasteiger partial charge in [-0.1, -0.05) is 18.2 Å². The summed E-state index contributed by atoms with van der Waals surface area (Å²) in [6, 6.07) is 6.97. The molecule has 84 valence electrons. The van der Waals surface area contributed by atoms with Gasteiger partial charge in [-0.25, -0.2) is 0 Å². The molecular weight excluding hydrogens is 219 g/mol. The summed E-state index contributed by atoms with van der Waals surface area (Å²) in [5.74, 6) is 0.577. The average molecular weight is 232 g/mol. The number of hydrogen-bond acceptors (Lipinski definition) is 3. The lowest BCUT2D eigenvalue weighted by Gasteiger charge is -2.10. The van der Waals surface area contributed by atoms with Gasteiger partial charge in [0.05, 0.1) is 12.4 Å². The fraction of sp³-hybridized carbons (Fsp3) is 0.400. The Kier molecular flexibility index (Phi) is 3.68. The first-order chi connectivity index (χ1) is 6.95. The summed E-state index contributed by atoms with van der Waals surface area (Å²) < 4.78 is 38.9. The molecule has 0 saturated heterocycles. The van der Waals surface area contributed by atoms with Gasteiger partial charge in [0.15, 0.2) is 0 Å². The first-order valence-corrected chi connectivity index (χ1v) is 5.95. The van der Waals surface area contributed by atoms with Gasteiger partial charge in [0.25, 0.3) is 0 Å². The van der Waals surface area contributed by atoms with Crippen molar-refractivity contribution in [3.8, 4) is 5.75 Å². The SMILES string of the molecule is COc1ccccc1CC(C)S(=O)(=O)F. The summed E-state index contributed by atoms with van der Waals surface area (Å²) >= 11 is 0. The molecule has 1 rings (SSSR count). The Labute approximate surface area is 89.1 Å². The highest BCUT2D eigenvalue weighted by molar-refractivity contribution is 7.87. The summed E-state index contributed by atoms with van der Waals surface area (Å²) in [5, 5.41) is -1.05. The van der Waals surface area contributed by atoms with Crippen molar-refractivity contribution in [2.45, 2.75) is 18.6 Å². The van der Waals surface area contributed by atoms with E-state index in [-0.39, 0.29) is 6.42 Å². The predicted octanol–water partition coefficient (Wildman–Crippen LogP) is 1.93. The number of benzene rings is 1. The third-order valence-electron chi connectivity index (χ3n) is 2.18. The lowest BCUT2D eigenvalue weighted by molar-refractivity contribution is 0.409. The van der Waals surface area contributed by atoms with Crippen LogP contribution in [0.25, 0.3) is 0 Å². The largest absolute Gasteiger partial charge is 0.496 e. The molecule has 0 N–H and O–H groups in total. The smallest absolute Gasteiger partial charge is 0.305 e. The summed E-state index contributed by atoms with van der Waals surface area (Å²) in [7, 11) is -2.99. The van der Waals surface area contributed by atoms with Gasteiger partial charge in [0, 0.05) is 0 Å². The summed E-state index contributed by atoms with van der Waals surface area (Å²) in [6.07, 6.45) is 0.114. The molecule has 0 aromatic heterocycles. The third-order valence-corrected chi connectivity index (χ3v) is 3.31. The number of methoxy groups -OCH3 is 1. The number of hydrogen-bond donors (Lipinski definition) is 0. The van der Waals surface area contributed by atoms with Gasteiger partial charge >= 0.3 is 10.2 Å². The normalized spacial score (nSPS) is 13.5. The van der Waals surface area contributed by atoms with Crippen LogP contribution in [0.2, 0.25) is 0 Å². The van der Waals surface area contributed by atoms with Gasteiger partial charge in [-0.05, 0) is 25.0 Å². The molecule has 15 heavy (non-hydrogen) atoms. The van der Waals surface area contributed by atoms with Crippen molar-refractivity contribution in [2.24, 2.45) is 0 Å². The minimum absolute atomic E-state index is 0.114. The van der Waals surface area contributed by atoms with Crippen LogP contribution in [0.4, 0.5) is 3.89 Å². The maximum atomic E-state index is 12.6. The molecule has 0 aliphatic carbocycles. The van der Waals surface area contributed by atoms with E-state index < -0.39 is 15.5 Å². The molecule has 1 aromatic carbocycles. The van der Waals surface area contributed by atoms with Crippen LogP contribution >= 0.6 is 0 Å². The highest BCUT2D eigenvalue weighted by atomic mass is 32.3. The second kappa shape index (κ2) is 4.61. The van der Waals surface area contributed by atoms with E-state index in [1.54, 1.807) is 24.3 Å². The quantitative estimate of drug-likeness (QED) is 0.745. The summed E-state index contributed by atoms with van der Waals surface area (Å²) in [6.45, 7) is 1.34. The number of halogens is 1. The average Bonchev–Trinajstić information content (AvgIpc) is 2.17.